The summed E-state index contributed by atoms with van der Waals surface area (Å²) in [5, 5.41) is 2.26. The van der Waals surface area contributed by atoms with Crippen LogP contribution in [0.1, 0.15) is 0 Å². The molecule has 2 aromatic rings. The van der Waals surface area contributed by atoms with Gasteiger partial charge in [-0.15, -0.1) is 0 Å². The standard InChI is InChI=1S/C13H13N2O/c1-2-13(15-5-7-16-8-6-15)9-11-3-4-14-10-12(1)11/h1-2,4,9-10H,5-8H2. The number of hydrogen-bond donors (Lipinski definition) is 0. The second-order valence-corrected chi connectivity index (χ2v) is 3.92. The first-order chi connectivity index (χ1) is 7.93. The highest BCUT2D eigenvalue weighted by molar-refractivity contribution is 5.84. The van der Waals surface area contributed by atoms with E-state index in [9.17, 15) is 0 Å². The minimum Gasteiger partial charge on any atom is -0.378 e. The largest absolute Gasteiger partial charge is 0.378 e. The normalized spacial score (nSPS) is 16.6. The molecule has 0 unspecified atom stereocenters. The average molecular weight is 213 g/mol. The second-order valence-electron chi connectivity index (χ2n) is 3.92. The number of fused-ring (bicyclic) bond motifs is 1. The molecule has 1 aliphatic heterocycles. The van der Waals surface area contributed by atoms with Gasteiger partial charge in [0.15, 0.2) is 0 Å². The van der Waals surface area contributed by atoms with E-state index in [2.05, 4.69) is 34.1 Å². The van der Waals surface area contributed by atoms with Crippen molar-refractivity contribution < 1.29 is 4.74 Å². The minimum absolute atomic E-state index is 0.818. The molecule has 81 valence electrons. The molecule has 1 fully saturated rings. The Morgan fingerprint density at radius 2 is 2.12 bits per heavy atom. The Bertz CT molecular complexity index is 492. The second kappa shape index (κ2) is 4.10. The van der Waals surface area contributed by atoms with Gasteiger partial charge in [0.25, 0.3) is 0 Å². The number of benzene rings is 1. The van der Waals surface area contributed by atoms with Crippen molar-refractivity contribution in [2.24, 2.45) is 0 Å². The third-order valence-electron chi connectivity index (χ3n) is 2.92. The number of ether oxygens (including phenoxy) is 1. The minimum atomic E-state index is 0.818. The monoisotopic (exact) mass is 213 g/mol. The van der Waals surface area contributed by atoms with Crippen LogP contribution in [0.3, 0.4) is 0 Å². The first-order valence-corrected chi connectivity index (χ1v) is 5.52. The fourth-order valence-electron chi connectivity index (χ4n) is 2.02. The summed E-state index contributed by atoms with van der Waals surface area (Å²) in [5.41, 5.74) is 1.25. The van der Waals surface area contributed by atoms with Gasteiger partial charge in [-0.05, 0) is 17.5 Å². The lowest BCUT2D eigenvalue weighted by atomic mass is 10.1. The van der Waals surface area contributed by atoms with E-state index < -0.39 is 0 Å². The maximum atomic E-state index is 5.35. The van der Waals surface area contributed by atoms with Crippen molar-refractivity contribution in [1.29, 1.82) is 0 Å². The molecule has 3 rings (SSSR count). The van der Waals surface area contributed by atoms with Crippen LogP contribution in [0.2, 0.25) is 0 Å². The Labute approximate surface area is 94.7 Å². The molecule has 0 aliphatic carbocycles. The molecular formula is C13H13N2O. The summed E-state index contributed by atoms with van der Waals surface area (Å²) in [6, 6.07) is 9.57. The van der Waals surface area contributed by atoms with Gasteiger partial charge in [0, 0.05) is 42.6 Å². The summed E-state index contributed by atoms with van der Waals surface area (Å²) < 4.78 is 5.35. The van der Waals surface area contributed by atoms with Crippen LogP contribution in [-0.4, -0.2) is 31.3 Å². The number of pyridine rings is 1. The molecule has 0 N–H and O–H groups in total. The van der Waals surface area contributed by atoms with E-state index in [0.717, 1.165) is 37.1 Å². The first kappa shape index (κ1) is 9.60. The van der Waals surface area contributed by atoms with E-state index in [1.165, 1.54) is 5.69 Å². The molecule has 1 saturated heterocycles. The predicted octanol–water partition coefficient (Wildman–Crippen LogP) is 1.87. The van der Waals surface area contributed by atoms with Gasteiger partial charge in [0.2, 0.25) is 0 Å². The Balaban J connectivity index is 1.97. The molecule has 0 saturated carbocycles. The molecule has 0 spiro atoms. The topological polar surface area (TPSA) is 25.4 Å². The highest BCUT2D eigenvalue weighted by atomic mass is 16.5. The molecule has 0 atom stereocenters. The number of aromatic nitrogens is 1. The van der Waals surface area contributed by atoms with Gasteiger partial charge in [-0.2, -0.15) is 0 Å². The molecule has 0 bridgehead atoms. The summed E-state index contributed by atoms with van der Waals surface area (Å²) in [4.78, 5) is 6.41. The van der Waals surface area contributed by atoms with Crippen molar-refractivity contribution in [2.45, 2.75) is 0 Å². The SMILES string of the molecule is [c]1cncc2ccc(N3CCOCC3)cc12. The van der Waals surface area contributed by atoms with Gasteiger partial charge in [0.05, 0.1) is 13.2 Å². The highest BCUT2D eigenvalue weighted by Gasteiger charge is 2.11. The molecule has 0 amide bonds. The smallest absolute Gasteiger partial charge is 0.0642 e. The van der Waals surface area contributed by atoms with Crippen LogP contribution in [0.4, 0.5) is 5.69 Å². The first-order valence-electron chi connectivity index (χ1n) is 5.52. The van der Waals surface area contributed by atoms with Crippen LogP contribution in [0.15, 0.2) is 30.6 Å². The summed E-state index contributed by atoms with van der Waals surface area (Å²) in [6.07, 6.45) is 3.58. The zero-order valence-electron chi connectivity index (χ0n) is 9.02. The molecule has 3 nitrogen and oxygen atoms in total. The fourth-order valence-corrected chi connectivity index (χ4v) is 2.02. The molecular weight excluding hydrogens is 200 g/mol. The Morgan fingerprint density at radius 1 is 1.25 bits per heavy atom. The number of rotatable bonds is 1. The van der Waals surface area contributed by atoms with Crippen LogP contribution < -0.4 is 4.90 Å². The Morgan fingerprint density at radius 3 is 3.00 bits per heavy atom. The summed E-state index contributed by atoms with van der Waals surface area (Å²) >= 11 is 0. The van der Waals surface area contributed by atoms with E-state index in [4.69, 9.17) is 4.74 Å². The van der Waals surface area contributed by atoms with Crippen molar-refractivity contribution in [3.05, 3.63) is 36.7 Å². The zero-order valence-corrected chi connectivity index (χ0v) is 9.02. The van der Waals surface area contributed by atoms with E-state index in [1.807, 2.05) is 6.20 Å². The van der Waals surface area contributed by atoms with E-state index >= 15 is 0 Å². The van der Waals surface area contributed by atoms with Crippen molar-refractivity contribution in [2.75, 3.05) is 31.2 Å². The lowest BCUT2D eigenvalue weighted by molar-refractivity contribution is 0.122. The molecule has 3 heteroatoms. The van der Waals surface area contributed by atoms with Crippen LogP contribution in [0.25, 0.3) is 10.8 Å². The number of nitrogens with zero attached hydrogens (tertiary/aromatic N) is 2. The molecule has 1 aromatic carbocycles. The van der Waals surface area contributed by atoms with Gasteiger partial charge in [0.1, 0.15) is 0 Å². The summed E-state index contributed by atoms with van der Waals surface area (Å²) in [5.74, 6) is 0. The van der Waals surface area contributed by atoms with Crippen molar-refractivity contribution in [3.8, 4) is 0 Å². The molecule has 1 aromatic heterocycles. The Hall–Kier alpha value is -1.61. The molecule has 16 heavy (non-hydrogen) atoms. The lowest BCUT2D eigenvalue weighted by Gasteiger charge is -2.29. The van der Waals surface area contributed by atoms with Gasteiger partial charge in [-0.1, -0.05) is 6.07 Å². The molecule has 1 radical (unpaired) electrons. The summed E-state index contributed by atoms with van der Waals surface area (Å²) in [7, 11) is 0. The maximum Gasteiger partial charge on any atom is 0.0642 e. The van der Waals surface area contributed by atoms with E-state index in [1.54, 1.807) is 6.20 Å². The van der Waals surface area contributed by atoms with Crippen molar-refractivity contribution in [1.82, 2.24) is 4.98 Å². The predicted molar refractivity (Wildman–Crippen MR) is 63.6 cm³/mol. The highest BCUT2D eigenvalue weighted by Crippen LogP contribution is 2.21. The third kappa shape index (κ3) is 1.74. The number of morpholine rings is 1. The number of anilines is 1. The fraction of sp³-hybridized carbons (Fsp3) is 0.308. The van der Waals surface area contributed by atoms with Gasteiger partial charge < -0.3 is 9.64 Å². The van der Waals surface area contributed by atoms with Gasteiger partial charge >= 0.3 is 0 Å². The molecule has 1 aliphatic rings. The van der Waals surface area contributed by atoms with Crippen LogP contribution >= 0.6 is 0 Å². The van der Waals surface area contributed by atoms with Crippen LogP contribution in [-0.2, 0) is 4.74 Å². The van der Waals surface area contributed by atoms with E-state index in [-0.39, 0.29) is 0 Å². The third-order valence-corrected chi connectivity index (χ3v) is 2.92. The Kier molecular flexibility index (Phi) is 2.46. The number of hydrogen-bond acceptors (Lipinski definition) is 3. The summed E-state index contributed by atoms with van der Waals surface area (Å²) in [6.45, 7) is 3.57. The van der Waals surface area contributed by atoms with Gasteiger partial charge in [-0.25, -0.2) is 0 Å². The molecule has 2 heterocycles. The van der Waals surface area contributed by atoms with Crippen LogP contribution in [0, 0.1) is 6.07 Å². The van der Waals surface area contributed by atoms with Gasteiger partial charge in [-0.3, -0.25) is 4.98 Å². The zero-order chi connectivity index (χ0) is 10.8. The average Bonchev–Trinajstić information content (AvgIpc) is 2.39. The van der Waals surface area contributed by atoms with Crippen molar-refractivity contribution >= 4 is 16.5 Å². The maximum absolute atomic E-state index is 5.35. The van der Waals surface area contributed by atoms with Crippen molar-refractivity contribution in [3.63, 3.8) is 0 Å². The quantitative estimate of drug-likeness (QED) is 0.723. The van der Waals surface area contributed by atoms with E-state index in [0.29, 0.717) is 0 Å². The lowest BCUT2D eigenvalue weighted by Crippen LogP contribution is -2.36. The van der Waals surface area contributed by atoms with Crippen LogP contribution in [0.5, 0.6) is 0 Å².